The molecule has 0 spiro atoms. The zero-order chi connectivity index (χ0) is 33.9. The number of carbonyl (C=O) groups is 6. The van der Waals surface area contributed by atoms with Crippen LogP contribution in [-0.2, 0) is 48.0 Å². The molecule has 46 heavy (non-hydrogen) atoms. The summed E-state index contributed by atoms with van der Waals surface area (Å²) in [7, 11) is 0. The Kier molecular flexibility index (Phi) is 12.6. The summed E-state index contributed by atoms with van der Waals surface area (Å²) in [5.41, 5.74) is 6.25. The standard InChI is InChI=1S/C36H40FN3O6/c1-23(32(43)34(45)40-30(20-25-13-8-5-9-14-25)31(42)22-36(2,3)35(38)46)39-33(44)27(17-24-11-6-4-7-12-24)21-29(41)19-26-15-10-16-28(37)18-26/h4-16,18,23,27,30H,17,19-22H2,1-3H3,(H2,38,46)(H,39,44)(H,40,45). The second-order valence-corrected chi connectivity index (χ2v) is 12.1. The Morgan fingerprint density at radius 2 is 1.35 bits per heavy atom. The van der Waals surface area contributed by atoms with Crippen molar-refractivity contribution in [1.29, 1.82) is 0 Å². The van der Waals surface area contributed by atoms with E-state index in [-0.39, 0.29) is 37.9 Å². The summed E-state index contributed by atoms with van der Waals surface area (Å²) in [6, 6.07) is 21.1. The average Bonchev–Trinajstić information content (AvgIpc) is 3.00. The normalized spacial score (nSPS) is 13.1. The van der Waals surface area contributed by atoms with Crippen LogP contribution in [0, 0.1) is 17.2 Å². The summed E-state index contributed by atoms with van der Waals surface area (Å²) in [6.45, 7) is 4.39. The van der Waals surface area contributed by atoms with E-state index in [1.807, 2.05) is 18.2 Å². The molecule has 242 valence electrons. The lowest BCUT2D eigenvalue weighted by molar-refractivity contribution is -0.141. The summed E-state index contributed by atoms with van der Waals surface area (Å²) in [4.78, 5) is 77.7. The molecule has 0 aliphatic rings. The third-order valence-corrected chi connectivity index (χ3v) is 7.70. The summed E-state index contributed by atoms with van der Waals surface area (Å²) in [5.74, 6) is -5.48. The highest BCUT2D eigenvalue weighted by molar-refractivity contribution is 6.38. The maximum absolute atomic E-state index is 13.6. The van der Waals surface area contributed by atoms with Crippen molar-refractivity contribution in [3.63, 3.8) is 0 Å². The highest BCUT2D eigenvalue weighted by Crippen LogP contribution is 2.22. The minimum absolute atomic E-state index is 0.0703. The quantitative estimate of drug-likeness (QED) is 0.195. The van der Waals surface area contributed by atoms with Crippen LogP contribution in [0.2, 0.25) is 0 Å². The molecule has 3 amide bonds. The van der Waals surface area contributed by atoms with Crippen LogP contribution in [0.15, 0.2) is 84.9 Å². The molecule has 0 aromatic heterocycles. The SMILES string of the molecule is CC(NC(=O)C(CC(=O)Cc1cccc(F)c1)Cc1ccccc1)C(=O)C(=O)NC(Cc1ccccc1)C(=O)CC(C)(C)C(N)=O. The first-order valence-corrected chi connectivity index (χ1v) is 15.1. The summed E-state index contributed by atoms with van der Waals surface area (Å²) in [5, 5.41) is 5.04. The lowest BCUT2D eigenvalue weighted by Crippen LogP contribution is -2.52. The molecule has 9 nitrogen and oxygen atoms in total. The highest BCUT2D eigenvalue weighted by Gasteiger charge is 2.34. The molecule has 3 aromatic rings. The Morgan fingerprint density at radius 1 is 0.783 bits per heavy atom. The number of hydrogen-bond acceptors (Lipinski definition) is 6. The first-order valence-electron chi connectivity index (χ1n) is 15.1. The van der Waals surface area contributed by atoms with Gasteiger partial charge >= 0.3 is 0 Å². The smallest absolute Gasteiger partial charge is 0.290 e. The van der Waals surface area contributed by atoms with Gasteiger partial charge in [-0.05, 0) is 48.6 Å². The summed E-state index contributed by atoms with van der Waals surface area (Å²) < 4.78 is 13.6. The maximum Gasteiger partial charge on any atom is 0.290 e. The van der Waals surface area contributed by atoms with Crippen molar-refractivity contribution in [2.75, 3.05) is 0 Å². The number of primary amides is 1. The predicted molar refractivity (Wildman–Crippen MR) is 171 cm³/mol. The van der Waals surface area contributed by atoms with Crippen LogP contribution in [0.5, 0.6) is 0 Å². The van der Waals surface area contributed by atoms with E-state index in [0.29, 0.717) is 5.56 Å². The average molecular weight is 630 g/mol. The van der Waals surface area contributed by atoms with E-state index in [1.165, 1.54) is 39.0 Å². The van der Waals surface area contributed by atoms with Gasteiger partial charge in [0.2, 0.25) is 17.6 Å². The first-order chi connectivity index (χ1) is 21.7. The van der Waals surface area contributed by atoms with Gasteiger partial charge in [0.15, 0.2) is 5.78 Å². The Labute approximate surface area is 268 Å². The van der Waals surface area contributed by atoms with Crippen molar-refractivity contribution in [3.8, 4) is 0 Å². The van der Waals surface area contributed by atoms with Crippen LogP contribution in [0.3, 0.4) is 0 Å². The summed E-state index contributed by atoms with van der Waals surface area (Å²) >= 11 is 0. The van der Waals surface area contributed by atoms with E-state index in [1.54, 1.807) is 48.5 Å². The van der Waals surface area contributed by atoms with Gasteiger partial charge < -0.3 is 16.4 Å². The van der Waals surface area contributed by atoms with E-state index >= 15 is 0 Å². The fourth-order valence-electron chi connectivity index (χ4n) is 4.94. The molecule has 0 heterocycles. The van der Waals surface area contributed by atoms with Crippen LogP contribution in [0.25, 0.3) is 0 Å². The second-order valence-electron chi connectivity index (χ2n) is 12.1. The molecule has 0 fully saturated rings. The molecule has 3 rings (SSSR count). The predicted octanol–water partition coefficient (Wildman–Crippen LogP) is 3.46. The fourth-order valence-corrected chi connectivity index (χ4v) is 4.94. The van der Waals surface area contributed by atoms with E-state index in [9.17, 15) is 33.2 Å². The monoisotopic (exact) mass is 629 g/mol. The molecule has 3 aromatic carbocycles. The zero-order valence-corrected chi connectivity index (χ0v) is 26.3. The molecule has 0 aliphatic carbocycles. The zero-order valence-electron chi connectivity index (χ0n) is 26.3. The van der Waals surface area contributed by atoms with Crippen molar-refractivity contribution in [2.45, 2.75) is 65.0 Å². The van der Waals surface area contributed by atoms with E-state index < -0.39 is 58.5 Å². The topological polar surface area (TPSA) is 152 Å². The highest BCUT2D eigenvalue weighted by atomic mass is 19.1. The van der Waals surface area contributed by atoms with Crippen LogP contribution < -0.4 is 16.4 Å². The molecule has 0 radical (unpaired) electrons. The number of Topliss-reactive ketones (excluding diaryl/α,β-unsaturated/α-hetero) is 3. The third kappa shape index (κ3) is 10.9. The van der Waals surface area contributed by atoms with Crippen LogP contribution in [0.4, 0.5) is 4.39 Å². The molecular weight excluding hydrogens is 589 g/mol. The minimum Gasteiger partial charge on any atom is -0.369 e. The maximum atomic E-state index is 13.6. The van der Waals surface area contributed by atoms with Crippen molar-refractivity contribution in [3.05, 3.63) is 107 Å². The molecule has 0 aliphatic heterocycles. The van der Waals surface area contributed by atoms with Gasteiger partial charge in [-0.25, -0.2) is 4.39 Å². The molecule has 3 unspecified atom stereocenters. The Morgan fingerprint density at radius 3 is 1.91 bits per heavy atom. The lowest BCUT2D eigenvalue weighted by atomic mass is 9.84. The van der Waals surface area contributed by atoms with Crippen molar-refractivity contribution in [1.82, 2.24) is 10.6 Å². The molecule has 0 bridgehead atoms. The molecule has 0 saturated heterocycles. The number of hydrogen-bond donors (Lipinski definition) is 3. The number of nitrogens with two attached hydrogens (primary N) is 1. The number of rotatable bonds is 17. The number of benzene rings is 3. The van der Waals surface area contributed by atoms with Gasteiger partial charge in [-0.15, -0.1) is 0 Å². The largest absolute Gasteiger partial charge is 0.369 e. The van der Waals surface area contributed by atoms with Crippen molar-refractivity contribution in [2.24, 2.45) is 17.1 Å². The molecule has 4 N–H and O–H groups in total. The number of carbonyl (C=O) groups excluding carboxylic acids is 6. The van der Waals surface area contributed by atoms with E-state index in [4.69, 9.17) is 5.73 Å². The van der Waals surface area contributed by atoms with Gasteiger partial charge in [-0.3, -0.25) is 28.8 Å². The van der Waals surface area contributed by atoms with E-state index in [2.05, 4.69) is 10.6 Å². The Bertz CT molecular complexity index is 1560. The van der Waals surface area contributed by atoms with Crippen molar-refractivity contribution >= 4 is 35.1 Å². The number of ketones is 3. The van der Waals surface area contributed by atoms with Crippen LogP contribution in [0.1, 0.15) is 50.3 Å². The van der Waals surface area contributed by atoms with Crippen LogP contribution >= 0.6 is 0 Å². The van der Waals surface area contributed by atoms with Gasteiger partial charge in [0.1, 0.15) is 11.6 Å². The number of amides is 3. The van der Waals surface area contributed by atoms with Gasteiger partial charge in [-0.2, -0.15) is 0 Å². The lowest BCUT2D eigenvalue weighted by Gasteiger charge is -2.24. The number of halogens is 1. The van der Waals surface area contributed by atoms with Crippen molar-refractivity contribution < 1.29 is 33.2 Å². The minimum atomic E-state index is -1.28. The Hall–Kier alpha value is -4.99. The number of nitrogens with one attached hydrogen (secondary N) is 2. The molecule has 0 saturated carbocycles. The molecule has 3 atom stereocenters. The van der Waals surface area contributed by atoms with Gasteiger partial charge in [0.05, 0.1) is 17.5 Å². The fraction of sp³-hybridized carbons (Fsp3) is 0.333. The summed E-state index contributed by atoms with van der Waals surface area (Å²) in [6.07, 6.45) is -0.242. The van der Waals surface area contributed by atoms with E-state index in [0.717, 1.165) is 11.1 Å². The first kappa shape index (κ1) is 35.5. The van der Waals surface area contributed by atoms with Crippen LogP contribution in [-0.4, -0.2) is 47.2 Å². The molecular formula is C36H40FN3O6. The Balaban J connectivity index is 1.72. The third-order valence-electron chi connectivity index (χ3n) is 7.70. The van der Waals surface area contributed by atoms with Gasteiger partial charge in [0, 0.05) is 25.2 Å². The van der Waals surface area contributed by atoms with Gasteiger partial charge in [0.25, 0.3) is 5.91 Å². The van der Waals surface area contributed by atoms with Gasteiger partial charge in [-0.1, -0.05) is 86.6 Å². The second kappa shape index (κ2) is 16.4. The molecule has 10 heteroatoms.